The molecule has 106 valence electrons. The zero-order valence-electron chi connectivity index (χ0n) is 12.8. The van der Waals surface area contributed by atoms with Gasteiger partial charge in [0.2, 0.25) is 0 Å². The minimum atomic E-state index is 0.550. The van der Waals surface area contributed by atoms with Crippen molar-refractivity contribution in [1.82, 2.24) is 5.32 Å². The molecule has 0 bridgehead atoms. The quantitative estimate of drug-likeness (QED) is 0.791. The molecule has 1 unspecified atom stereocenters. The lowest BCUT2D eigenvalue weighted by Gasteiger charge is -2.29. The van der Waals surface area contributed by atoms with Gasteiger partial charge in [0, 0.05) is 6.04 Å². The van der Waals surface area contributed by atoms with Crippen molar-refractivity contribution in [2.75, 3.05) is 6.54 Å². The number of aryl methyl sites for hydroxylation is 2. The van der Waals surface area contributed by atoms with E-state index in [4.69, 9.17) is 0 Å². The van der Waals surface area contributed by atoms with Gasteiger partial charge in [-0.3, -0.25) is 0 Å². The van der Waals surface area contributed by atoms with Crippen molar-refractivity contribution < 1.29 is 0 Å². The van der Waals surface area contributed by atoms with Gasteiger partial charge in [-0.05, 0) is 49.4 Å². The van der Waals surface area contributed by atoms with Crippen molar-refractivity contribution in [2.45, 2.75) is 65.3 Å². The first-order chi connectivity index (χ1) is 9.22. The van der Waals surface area contributed by atoms with Crippen LogP contribution in [0.15, 0.2) is 18.2 Å². The molecule has 19 heavy (non-hydrogen) atoms. The third kappa shape index (κ3) is 3.82. The number of benzene rings is 1. The van der Waals surface area contributed by atoms with Gasteiger partial charge in [-0.1, -0.05) is 57.2 Å². The molecule has 1 aliphatic carbocycles. The van der Waals surface area contributed by atoms with Crippen molar-refractivity contribution in [1.29, 1.82) is 0 Å². The second-order valence-corrected chi connectivity index (χ2v) is 6.16. The fraction of sp³-hybridized carbons (Fsp3) is 0.667. The van der Waals surface area contributed by atoms with Crippen molar-refractivity contribution >= 4 is 0 Å². The van der Waals surface area contributed by atoms with Gasteiger partial charge in [0.05, 0.1) is 0 Å². The van der Waals surface area contributed by atoms with Crippen LogP contribution in [0.2, 0.25) is 0 Å². The second kappa shape index (κ2) is 7.09. The zero-order valence-corrected chi connectivity index (χ0v) is 12.8. The largest absolute Gasteiger partial charge is 0.310 e. The fourth-order valence-corrected chi connectivity index (χ4v) is 3.68. The van der Waals surface area contributed by atoms with Crippen LogP contribution in [-0.4, -0.2) is 6.54 Å². The van der Waals surface area contributed by atoms with Crippen LogP contribution in [-0.2, 0) is 0 Å². The molecule has 0 spiro atoms. The van der Waals surface area contributed by atoms with Gasteiger partial charge >= 0.3 is 0 Å². The summed E-state index contributed by atoms with van der Waals surface area (Å²) < 4.78 is 0. The molecule has 1 aliphatic rings. The van der Waals surface area contributed by atoms with Gasteiger partial charge in [0.1, 0.15) is 0 Å². The molecule has 1 N–H and O–H groups in total. The summed E-state index contributed by atoms with van der Waals surface area (Å²) in [7, 11) is 0. The molecule has 0 saturated heterocycles. The minimum Gasteiger partial charge on any atom is -0.310 e. The van der Waals surface area contributed by atoms with Gasteiger partial charge in [0.15, 0.2) is 0 Å². The summed E-state index contributed by atoms with van der Waals surface area (Å²) >= 11 is 0. The molecule has 1 saturated carbocycles. The van der Waals surface area contributed by atoms with Gasteiger partial charge in [0.25, 0.3) is 0 Å². The van der Waals surface area contributed by atoms with Gasteiger partial charge in [-0.2, -0.15) is 0 Å². The number of nitrogens with one attached hydrogen (secondary N) is 1. The smallest absolute Gasteiger partial charge is 0.0328 e. The maximum Gasteiger partial charge on any atom is 0.0328 e. The second-order valence-electron chi connectivity index (χ2n) is 6.16. The van der Waals surface area contributed by atoms with Crippen LogP contribution in [0.1, 0.15) is 68.2 Å². The summed E-state index contributed by atoms with van der Waals surface area (Å²) in [5.41, 5.74) is 4.44. The van der Waals surface area contributed by atoms with E-state index in [0.717, 1.165) is 12.5 Å². The van der Waals surface area contributed by atoms with Crippen LogP contribution in [0.5, 0.6) is 0 Å². The molecule has 1 aromatic rings. The number of hydrogen-bond acceptors (Lipinski definition) is 1. The van der Waals surface area contributed by atoms with E-state index < -0.39 is 0 Å². The first-order valence-electron chi connectivity index (χ1n) is 8.02. The van der Waals surface area contributed by atoms with Gasteiger partial charge < -0.3 is 5.32 Å². The summed E-state index contributed by atoms with van der Waals surface area (Å²) in [6.45, 7) is 7.80. The maximum atomic E-state index is 3.73. The lowest BCUT2D eigenvalue weighted by molar-refractivity contribution is 0.301. The minimum absolute atomic E-state index is 0.550. The number of hydrogen-bond donors (Lipinski definition) is 1. The van der Waals surface area contributed by atoms with E-state index in [1.165, 1.54) is 49.7 Å². The van der Waals surface area contributed by atoms with Crippen molar-refractivity contribution in [3.63, 3.8) is 0 Å². The van der Waals surface area contributed by atoms with Crippen LogP contribution >= 0.6 is 0 Å². The highest BCUT2D eigenvalue weighted by atomic mass is 14.9. The van der Waals surface area contributed by atoms with E-state index in [9.17, 15) is 0 Å². The molecule has 1 aromatic carbocycles. The van der Waals surface area contributed by atoms with Crippen LogP contribution in [0.25, 0.3) is 0 Å². The molecule has 1 heteroatoms. The molecular weight excluding hydrogens is 230 g/mol. The van der Waals surface area contributed by atoms with E-state index >= 15 is 0 Å². The monoisotopic (exact) mass is 259 g/mol. The molecule has 1 fully saturated rings. The molecule has 0 heterocycles. The molecule has 1 atom stereocenters. The molecule has 0 amide bonds. The van der Waals surface area contributed by atoms with E-state index in [-0.39, 0.29) is 0 Å². The summed E-state index contributed by atoms with van der Waals surface area (Å²) in [5, 5.41) is 3.73. The normalized spacial score (nSPS) is 18.5. The van der Waals surface area contributed by atoms with Crippen molar-refractivity contribution in [2.24, 2.45) is 5.92 Å². The van der Waals surface area contributed by atoms with E-state index in [1.807, 2.05) is 0 Å². The zero-order chi connectivity index (χ0) is 13.7. The summed E-state index contributed by atoms with van der Waals surface area (Å²) in [6, 6.07) is 7.24. The Bertz CT molecular complexity index is 370. The van der Waals surface area contributed by atoms with Crippen LogP contribution in [0.4, 0.5) is 0 Å². The Labute approximate surface area is 118 Å². The summed E-state index contributed by atoms with van der Waals surface area (Å²) in [5.74, 6) is 0.928. The summed E-state index contributed by atoms with van der Waals surface area (Å²) in [6.07, 6.45) is 8.53. The first kappa shape index (κ1) is 14.6. The highest BCUT2D eigenvalue weighted by molar-refractivity contribution is 5.36. The van der Waals surface area contributed by atoms with Crippen molar-refractivity contribution in [3.8, 4) is 0 Å². The standard InChI is InChI=1S/C18H29N/c1-4-19-17(13-16-11-6-5-7-12-16)18-14(2)9-8-10-15(18)3/h8-10,16-17,19H,4-7,11-13H2,1-3H3. The Hall–Kier alpha value is -0.820. The van der Waals surface area contributed by atoms with Crippen LogP contribution in [0.3, 0.4) is 0 Å². The lowest BCUT2D eigenvalue weighted by atomic mass is 9.82. The Morgan fingerprint density at radius 1 is 1.11 bits per heavy atom. The van der Waals surface area contributed by atoms with Gasteiger partial charge in [-0.25, -0.2) is 0 Å². The third-order valence-corrected chi connectivity index (χ3v) is 4.63. The molecular formula is C18H29N. The van der Waals surface area contributed by atoms with Gasteiger partial charge in [-0.15, -0.1) is 0 Å². The highest BCUT2D eigenvalue weighted by Crippen LogP contribution is 2.33. The van der Waals surface area contributed by atoms with Crippen molar-refractivity contribution in [3.05, 3.63) is 34.9 Å². The van der Waals surface area contributed by atoms with E-state index in [2.05, 4.69) is 44.3 Å². The fourth-order valence-electron chi connectivity index (χ4n) is 3.68. The molecule has 1 nitrogen and oxygen atoms in total. The van der Waals surface area contributed by atoms with Crippen LogP contribution < -0.4 is 5.32 Å². The first-order valence-corrected chi connectivity index (χ1v) is 8.02. The Morgan fingerprint density at radius 2 is 1.74 bits per heavy atom. The number of rotatable bonds is 5. The van der Waals surface area contributed by atoms with Crippen LogP contribution in [0, 0.1) is 19.8 Å². The average Bonchev–Trinajstić information content (AvgIpc) is 2.40. The maximum absolute atomic E-state index is 3.73. The topological polar surface area (TPSA) is 12.0 Å². The predicted octanol–water partition coefficient (Wildman–Crippen LogP) is 4.92. The lowest BCUT2D eigenvalue weighted by Crippen LogP contribution is -2.25. The molecule has 0 aliphatic heterocycles. The molecule has 0 aromatic heterocycles. The average molecular weight is 259 g/mol. The Kier molecular flexibility index (Phi) is 5.45. The highest BCUT2D eigenvalue weighted by Gasteiger charge is 2.21. The Balaban J connectivity index is 2.14. The summed E-state index contributed by atoms with van der Waals surface area (Å²) in [4.78, 5) is 0. The molecule has 2 rings (SSSR count). The molecule has 0 radical (unpaired) electrons. The predicted molar refractivity (Wildman–Crippen MR) is 83.5 cm³/mol. The SMILES string of the molecule is CCNC(CC1CCCCC1)c1c(C)cccc1C. The van der Waals surface area contributed by atoms with E-state index in [0.29, 0.717) is 6.04 Å². The Morgan fingerprint density at radius 3 is 2.32 bits per heavy atom. The third-order valence-electron chi connectivity index (χ3n) is 4.63. The van der Waals surface area contributed by atoms with E-state index in [1.54, 1.807) is 5.56 Å².